The molecule has 0 radical (unpaired) electrons. The van der Waals surface area contributed by atoms with Crippen LogP contribution in [-0.2, 0) is 6.42 Å². The van der Waals surface area contributed by atoms with Crippen LogP contribution in [0.3, 0.4) is 0 Å². The smallest absolute Gasteiger partial charge is 0.275 e. The van der Waals surface area contributed by atoms with Crippen molar-refractivity contribution in [3.05, 3.63) is 57.9 Å². The number of para-hydroxylation sites is 1. The van der Waals surface area contributed by atoms with Crippen molar-refractivity contribution >= 4 is 45.5 Å². The van der Waals surface area contributed by atoms with Crippen LogP contribution in [0, 0.1) is 6.92 Å². The zero-order valence-electron chi connectivity index (χ0n) is 13.7. The van der Waals surface area contributed by atoms with Crippen LogP contribution in [0.25, 0.3) is 0 Å². The molecule has 0 unspecified atom stereocenters. The number of hydrogen-bond acceptors (Lipinski definition) is 6. The van der Waals surface area contributed by atoms with Gasteiger partial charge in [-0.15, -0.1) is 11.3 Å². The lowest BCUT2D eigenvalue weighted by Gasteiger charge is -2.08. The molecule has 0 bridgehead atoms. The van der Waals surface area contributed by atoms with E-state index in [0.717, 1.165) is 17.7 Å². The molecule has 8 heteroatoms. The van der Waals surface area contributed by atoms with Gasteiger partial charge in [0.15, 0.2) is 5.13 Å². The Bertz CT molecular complexity index is 891. The molecule has 25 heavy (non-hydrogen) atoms. The van der Waals surface area contributed by atoms with E-state index in [-0.39, 0.29) is 5.91 Å². The summed E-state index contributed by atoms with van der Waals surface area (Å²) in [6.45, 7) is 3.91. The average molecular weight is 374 g/mol. The predicted octanol–water partition coefficient (Wildman–Crippen LogP) is 4.45. The van der Waals surface area contributed by atoms with Crippen LogP contribution in [0.5, 0.6) is 0 Å². The summed E-state index contributed by atoms with van der Waals surface area (Å²) in [5.74, 6) is 0.340. The number of nitrogens with zero attached hydrogens (tertiary/aromatic N) is 3. The molecule has 0 fully saturated rings. The number of nitrogens with one attached hydrogen (secondary N) is 2. The first kappa shape index (κ1) is 17.3. The van der Waals surface area contributed by atoms with Crippen molar-refractivity contribution in [2.45, 2.75) is 20.3 Å². The van der Waals surface area contributed by atoms with E-state index in [0.29, 0.717) is 27.4 Å². The van der Waals surface area contributed by atoms with Crippen molar-refractivity contribution in [2.75, 3.05) is 10.6 Å². The fraction of sp³-hybridized carbons (Fsp3) is 0.176. The maximum Gasteiger partial charge on any atom is 0.275 e. The molecule has 0 aliphatic heterocycles. The highest BCUT2D eigenvalue weighted by Crippen LogP contribution is 2.26. The largest absolute Gasteiger partial charge is 0.319 e. The van der Waals surface area contributed by atoms with Crippen LogP contribution in [0.4, 0.5) is 16.6 Å². The third-order valence-electron chi connectivity index (χ3n) is 3.52. The number of aryl methyl sites for hydroxylation is 2. The highest BCUT2D eigenvalue weighted by atomic mass is 35.5. The zero-order valence-corrected chi connectivity index (χ0v) is 15.3. The van der Waals surface area contributed by atoms with Crippen LogP contribution in [0.1, 0.15) is 28.7 Å². The van der Waals surface area contributed by atoms with Crippen molar-refractivity contribution in [3.8, 4) is 0 Å². The second kappa shape index (κ2) is 7.58. The summed E-state index contributed by atoms with van der Waals surface area (Å²) in [6, 6.07) is 7.31. The zero-order chi connectivity index (χ0) is 17.8. The Morgan fingerprint density at radius 2 is 2.16 bits per heavy atom. The highest BCUT2D eigenvalue weighted by molar-refractivity contribution is 7.14. The highest BCUT2D eigenvalue weighted by Gasteiger charge is 2.14. The van der Waals surface area contributed by atoms with Gasteiger partial charge in [0.25, 0.3) is 5.91 Å². The predicted molar refractivity (Wildman–Crippen MR) is 101 cm³/mol. The van der Waals surface area contributed by atoms with Gasteiger partial charge in [-0.05, 0) is 25.0 Å². The summed E-state index contributed by atoms with van der Waals surface area (Å²) in [5, 5.41) is 8.67. The number of aromatic nitrogens is 3. The minimum Gasteiger partial charge on any atom is -0.319 e. The third-order valence-corrected chi connectivity index (χ3v) is 4.59. The molecule has 1 aromatic carbocycles. The maximum absolute atomic E-state index is 12.4. The minimum atomic E-state index is -0.308. The molecule has 0 saturated heterocycles. The van der Waals surface area contributed by atoms with E-state index in [4.69, 9.17) is 11.6 Å². The molecule has 0 spiro atoms. The van der Waals surface area contributed by atoms with Crippen LogP contribution in [0.2, 0.25) is 5.02 Å². The van der Waals surface area contributed by atoms with Gasteiger partial charge < -0.3 is 10.6 Å². The van der Waals surface area contributed by atoms with Gasteiger partial charge >= 0.3 is 0 Å². The Labute approximate surface area is 154 Å². The van der Waals surface area contributed by atoms with E-state index in [1.807, 2.05) is 32.0 Å². The Balaban J connectivity index is 1.73. The van der Waals surface area contributed by atoms with Gasteiger partial charge in [-0.25, -0.2) is 15.0 Å². The molecule has 6 nitrogen and oxygen atoms in total. The molecular weight excluding hydrogens is 358 g/mol. The Morgan fingerprint density at radius 3 is 2.92 bits per heavy atom. The van der Waals surface area contributed by atoms with Gasteiger partial charge in [0.05, 0.1) is 10.7 Å². The first-order valence-electron chi connectivity index (χ1n) is 7.66. The number of rotatable bonds is 5. The molecule has 0 aliphatic carbocycles. The van der Waals surface area contributed by atoms with Crippen molar-refractivity contribution < 1.29 is 4.79 Å². The molecule has 2 N–H and O–H groups in total. The van der Waals surface area contributed by atoms with E-state index in [1.54, 1.807) is 11.4 Å². The maximum atomic E-state index is 12.4. The second-order valence-corrected chi connectivity index (χ2v) is 6.56. The first-order valence-corrected chi connectivity index (χ1v) is 8.92. The van der Waals surface area contributed by atoms with E-state index < -0.39 is 0 Å². The lowest BCUT2D eigenvalue weighted by molar-refractivity contribution is 0.102. The number of anilines is 3. The third kappa shape index (κ3) is 4.12. The standard InChI is InChI=1S/C17H16ClN5OS/c1-3-11-7-14(20-9-19-11)22-17-21-13(8-25-17)16(24)23-15-10(2)5-4-6-12(15)18/h4-9H,3H2,1-2H3,(H,23,24)(H,19,20,21,22). The average Bonchev–Trinajstić information content (AvgIpc) is 3.07. The molecule has 3 rings (SSSR count). The van der Waals surface area contributed by atoms with Gasteiger partial charge in [0.1, 0.15) is 17.8 Å². The van der Waals surface area contributed by atoms with Crippen LogP contribution >= 0.6 is 22.9 Å². The van der Waals surface area contributed by atoms with Gasteiger partial charge in [0, 0.05) is 17.1 Å². The van der Waals surface area contributed by atoms with E-state index in [1.165, 1.54) is 17.7 Å². The number of benzene rings is 1. The van der Waals surface area contributed by atoms with E-state index in [2.05, 4.69) is 25.6 Å². The number of hydrogen-bond donors (Lipinski definition) is 2. The number of carbonyl (C=O) groups excluding carboxylic acids is 1. The van der Waals surface area contributed by atoms with Crippen LogP contribution < -0.4 is 10.6 Å². The molecule has 2 aromatic heterocycles. The number of halogens is 1. The monoisotopic (exact) mass is 373 g/mol. The van der Waals surface area contributed by atoms with E-state index in [9.17, 15) is 4.79 Å². The molecule has 0 aliphatic rings. The van der Waals surface area contributed by atoms with Crippen molar-refractivity contribution in [2.24, 2.45) is 0 Å². The summed E-state index contributed by atoms with van der Waals surface area (Å²) in [7, 11) is 0. The first-order chi connectivity index (χ1) is 12.1. The van der Waals surface area contributed by atoms with Gasteiger partial charge in [-0.2, -0.15) is 0 Å². The van der Waals surface area contributed by atoms with Crippen LogP contribution in [0.15, 0.2) is 36.0 Å². The molecule has 128 valence electrons. The van der Waals surface area contributed by atoms with E-state index >= 15 is 0 Å². The topological polar surface area (TPSA) is 79.8 Å². The minimum absolute atomic E-state index is 0.308. The van der Waals surface area contributed by atoms with Crippen LogP contribution in [-0.4, -0.2) is 20.9 Å². The van der Waals surface area contributed by atoms with Crippen molar-refractivity contribution in [3.63, 3.8) is 0 Å². The van der Waals surface area contributed by atoms with Crippen molar-refractivity contribution in [1.82, 2.24) is 15.0 Å². The Kier molecular flexibility index (Phi) is 5.25. The molecular formula is C17H16ClN5OS. The number of thiazole rings is 1. The van der Waals surface area contributed by atoms with Gasteiger partial charge in [-0.3, -0.25) is 4.79 Å². The second-order valence-electron chi connectivity index (χ2n) is 5.30. The Hall–Kier alpha value is -2.51. The molecule has 0 atom stereocenters. The molecule has 2 heterocycles. The number of carbonyl (C=O) groups is 1. The SMILES string of the molecule is CCc1cc(Nc2nc(C(=O)Nc3c(C)cccc3Cl)cs2)ncn1. The lowest BCUT2D eigenvalue weighted by Crippen LogP contribution is -2.13. The molecule has 0 saturated carbocycles. The summed E-state index contributed by atoms with van der Waals surface area (Å²) in [6.07, 6.45) is 2.32. The summed E-state index contributed by atoms with van der Waals surface area (Å²) in [4.78, 5) is 25.0. The summed E-state index contributed by atoms with van der Waals surface area (Å²) in [5.41, 5.74) is 2.74. The number of amides is 1. The molecule has 1 amide bonds. The van der Waals surface area contributed by atoms with Gasteiger partial charge in [-0.1, -0.05) is 30.7 Å². The fourth-order valence-electron chi connectivity index (χ4n) is 2.17. The fourth-order valence-corrected chi connectivity index (χ4v) is 3.14. The normalized spacial score (nSPS) is 10.5. The van der Waals surface area contributed by atoms with Crippen molar-refractivity contribution in [1.29, 1.82) is 0 Å². The lowest BCUT2D eigenvalue weighted by atomic mass is 10.2. The Morgan fingerprint density at radius 1 is 1.32 bits per heavy atom. The summed E-state index contributed by atoms with van der Waals surface area (Å²) >= 11 is 7.47. The quantitative estimate of drug-likeness (QED) is 0.690. The molecule has 3 aromatic rings. The summed E-state index contributed by atoms with van der Waals surface area (Å²) < 4.78 is 0. The van der Waals surface area contributed by atoms with Gasteiger partial charge in [0.2, 0.25) is 0 Å².